The highest BCUT2D eigenvalue weighted by Gasteiger charge is 2.12. The molecule has 2 N–H and O–H groups in total. The highest BCUT2D eigenvalue weighted by molar-refractivity contribution is 7.98. The summed E-state index contributed by atoms with van der Waals surface area (Å²) in [6.45, 7) is 2.01. The van der Waals surface area contributed by atoms with Crippen LogP contribution in [0.25, 0.3) is 22.4 Å². The normalized spacial score (nSPS) is 11.1. The van der Waals surface area contributed by atoms with E-state index in [9.17, 15) is 0 Å². The number of nitrogens with zero attached hydrogens (tertiary/aromatic N) is 4. The molecule has 0 aliphatic heterocycles. The quantitative estimate of drug-likeness (QED) is 0.559. The molecule has 0 amide bonds. The van der Waals surface area contributed by atoms with Crippen LogP contribution in [0.3, 0.4) is 0 Å². The number of nitrogen functional groups attached to an aromatic ring is 1. The summed E-state index contributed by atoms with van der Waals surface area (Å²) < 4.78 is 5.74. The lowest BCUT2D eigenvalue weighted by Crippen LogP contribution is -1.99. The van der Waals surface area contributed by atoms with Gasteiger partial charge in [0.25, 0.3) is 5.22 Å². The first kappa shape index (κ1) is 15.6. The summed E-state index contributed by atoms with van der Waals surface area (Å²) in [5.41, 5.74) is 8.87. The number of nitrogens with two attached hydrogens (primary N) is 1. The molecule has 2 aromatic carbocycles. The van der Waals surface area contributed by atoms with Gasteiger partial charge in [-0.25, -0.2) is 9.97 Å². The van der Waals surface area contributed by atoms with Gasteiger partial charge < -0.3 is 10.2 Å². The van der Waals surface area contributed by atoms with Crippen molar-refractivity contribution in [2.45, 2.75) is 17.9 Å². The Kier molecular flexibility index (Phi) is 4.07. The van der Waals surface area contributed by atoms with Crippen molar-refractivity contribution < 1.29 is 4.42 Å². The summed E-state index contributed by atoms with van der Waals surface area (Å²) in [7, 11) is 0. The third-order valence-corrected chi connectivity index (χ3v) is 4.60. The summed E-state index contributed by atoms with van der Waals surface area (Å²) in [4.78, 5) is 8.88. The Labute approximate surface area is 148 Å². The Morgan fingerprint density at radius 1 is 1.00 bits per heavy atom. The minimum Gasteiger partial charge on any atom is -0.411 e. The van der Waals surface area contributed by atoms with Crippen molar-refractivity contribution in [1.82, 2.24) is 20.2 Å². The highest BCUT2D eigenvalue weighted by atomic mass is 32.2. The molecule has 0 atom stereocenters. The minimum atomic E-state index is 0.479. The zero-order valence-corrected chi connectivity index (χ0v) is 14.3. The van der Waals surface area contributed by atoms with Crippen LogP contribution in [0, 0.1) is 6.92 Å². The molecule has 4 aromatic rings. The van der Waals surface area contributed by atoms with Crippen molar-refractivity contribution >= 4 is 28.5 Å². The fourth-order valence-corrected chi connectivity index (χ4v) is 3.15. The summed E-state index contributed by atoms with van der Waals surface area (Å²) >= 11 is 1.39. The molecule has 2 aromatic heterocycles. The molecule has 4 rings (SSSR count). The second-order valence-corrected chi connectivity index (χ2v) is 6.45. The molecular weight excluding hydrogens is 334 g/mol. The number of para-hydroxylation sites is 1. The number of aromatic nitrogens is 4. The fraction of sp³-hybridized carbons (Fsp3) is 0.111. The molecule has 0 unspecified atom stereocenters. The largest absolute Gasteiger partial charge is 0.411 e. The third-order valence-electron chi connectivity index (χ3n) is 3.79. The van der Waals surface area contributed by atoms with Crippen molar-refractivity contribution in [3.05, 3.63) is 59.9 Å². The van der Waals surface area contributed by atoms with Gasteiger partial charge in [0.1, 0.15) is 11.6 Å². The van der Waals surface area contributed by atoms with Crippen LogP contribution in [0.5, 0.6) is 0 Å². The van der Waals surface area contributed by atoms with E-state index < -0.39 is 0 Å². The molecule has 2 heterocycles. The number of hydrogen-bond acceptors (Lipinski definition) is 7. The van der Waals surface area contributed by atoms with Gasteiger partial charge in [0.2, 0.25) is 5.89 Å². The van der Waals surface area contributed by atoms with Crippen LogP contribution in [0.1, 0.15) is 11.4 Å². The fourth-order valence-electron chi connectivity index (χ4n) is 2.53. The lowest BCUT2D eigenvalue weighted by Gasteiger charge is -2.03. The van der Waals surface area contributed by atoms with Gasteiger partial charge in [0.15, 0.2) is 0 Å². The molecule has 0 saturated heterocycles. The Morgan fingerprint density at radius 2 is 1.80 bits per heavy atom. The van der Waals surface area contributed by atoms with Gasteiger partial charge >= 0.3 is 0 Å². The first-order chi connectivity index (χ1) is 12.2. The molecule has 7 heteroatoms. The van der Waals surface area contributed by atoms with E-state index >= 15 is 0 Å². The van der Waals surface area contributed by atoms with Gasteiger partial charge in [-0.2, -0.15) is 0 Å². The van der Waals surface area contributed by atoms with Crippen LogP contribution in [-0.4, -0.2) is 20.2 Å². The van der Waals surface area contributed by atoms with Crippen LogP contribution in [-0.2, 0) is 5.75 Å². The Balaban J connectivity index is 1.53. The van der Waals surface area contributed by atoms with Crippen LogP contribution in [0.2, 0.25) is 0 Å². The van der Waals surface area contributed by atoms with Gasteiger partial charge in [-0.1, -0.05) is 42.1 Å². The Bertz CT molecular complexity index is 1050. The second kappa shape index (κ2) is 6.52. The minimum absolute atomic E-state index is 0.479. The van der Waals surface area contributed by atoms with E-state index in [-0.39, 0.29) is 0 Å². The van der Waals surface area contributed by atoms with Crippen molar-refractivity contribution in [1.29, 1.82) is 0 Å². The number of fused-ring (bicyclic) bond motifs is 1. The molecule has 0 spiro atoms. The van der Waals surface area contributed by atoms with E-state index in [0.717, 1.165) is 22.0 Å². The standard InChI is InChI=1S/C18H15N5OS/c1-11-6-2-3-7-12(11)17-22-23-18(24-17)25-10-15-20-14-9-5-4-8-13(14)16(19)21-15/h2-9H,10H2,1H3,(H2,19,20,21). The molecule has 0 radical (unpaired) electrons. The third kappa shape index (κ3) is 3.18. The predicted molar refractivity (Wildman–Crippen MR) is 98.0 cm³/mol. The SMILES string of the molecule is Cc1ccccc1-c1nnc(SCc2nc(N)c3ccccc3n2)o1. The number of benzene rings is 2. The molecule has 6 nitrogen and oxygen atoms in total. The number of aryl methyl sites for hydroxylation is 1. The maximum atomic E-state index is 6.01. The van der Waals surface area contributed by atoms with Gasteiger partial charge in [-0.15, -0.1) is 10.2 Å². The summed E-state index contributed by atoms with van der Waals surface area (Å²) in [6, 6.07) is 15.6. The maximum Gasteiger partial charge on any atom is 0.277 e. The van der Waals surface area contributed by atoms with Crippen molar-refractivity contribution in [2.75, 3.05) is 5.73 Å². The molecule has 0 aliphatic rings. The highest BCUT2D eigenvalue weighted by Crippen LogP contribution is 2.27. The van der Waals surface area contributed by atoms with E-state index in [4.69, 9.17) is 10.2 Å². The lowest BCUT2D eigenvalue weighted by atomic mass is 10.1. The first-order valence-corrected chi connectivity index (χ1v) is 8.73. The zero-order chi connectivity index (χ0) is 17.2. The van der Waals surface area contributed by atoms with Gasteiger partial charge in [0.05, 0.1) is 11.3 Å². The van der Waals surface area contributed by atoms with Gasteiger partial charge in [-0.05, 0) is 30.7 Å². The molecular formula is C18H15N5OS. The smallest absolute Gasteiger partial charge is 0.277 e. The van der Waals surface area contributed by atoms with E-state index in [1.807, 2.05) is 55.5 Å². The molecule has 0 fully saturated rings. The summed E-state index contributed by atoms with van der Waals surface area (Å²) in [6.07, 6.45) is 0. The molecule has 0 aliphatic carbocycles. The predicted octanol–water partition coefficient (Wildman–Crippen LogP) is 3.86. The summed E-state index contributed by atoms with van der Waals surface area (Å²) in [5, 5.41) is 9.55. The van der Waals surface area contributed by atoms with Gasteiger partial charge in [-0.3, -0.25) is 0 Å². The van der Waals surface area contributed by atoms with Crippen LogP contribution < -0.4 is 5.73 Å². The van der Waals surface area contributed by atoms with E-state index in [1.165, 1.54) is 11.8 Å². The van der Waals surface area contributed by atoms with Crippen molar-refractivity contribution in [2.24, 2.45) is 0 Å². The van der Waals surface area contributed by atoms with Crippen LogP contribution in [0.4, 0.5) is 5.82 Å². The van der Waals surface area contributed by atoms with Gasteiger partial charge in [0, 0.05) is 10.9 Å². The maximum absolute atomic E-state index is 6.01. The van der Waals surface area contributed by atoms with Crippen molar-refractivity contribution in [3.8, 4) is 11.5 Å². The Morgan fingerprint density at radius 3 is 2.68 bits per heavy atom. The van der Waals surface area contributed by atoms with E-state index in [2.05, 4.69) is 20.2 Å². The number of anilines is 1. The zero-order valence-electron chi connectivity index (χ0n) is 13.5. The number of thioether (sulfide) groups is 1. The van der Waals surface area contributed by atoms with E-state index in [1.54, 1.807) is 0 Å². The number of rotatable bonds is 4. The van der Waals surface area contributed by atoms with Crippen LogP contribution >= 0.6 is 11.8 Å². The molecule has 0 saturated carbocycles. The molecule has 124 valence electrons. The average Bonchev–Trinajstić information content (AvgIpc) is 3.09. The number of hydrogen-bond donors (Lipinski definition) is 1. The van der Waals surface area contributed by atoms with Crippen LogP contribution in [0.15, 0.2) is 58.2 Å². The summed E-state index contributed by atoms with van der Waals surface area (Å²) in [5.74, 6) is 2.13. The monoisotopic (exact) mass is 349 g/mol. The average molecular weight is 349 g/mol. The second-order valence-electron chi connectivity index (χ2n) is 5.52. The molecule has 25 heavy (non-hydrogen) atoms. The Hall–Kier alpha value is -2.93. The lowest BCUT2D eigenvalue weighted by molar-refractivity contribution is 0.465. The van der Waals surface area contributed by atoms with Crippen molar-refractivity contribution in [3.63, 3.8) is 0 Å². The van der Waals surface area contributed by atoms with E-state index in [0.29, 0.717) is 28.5 Å². The first-order valence-electron chi connectivity index (χ1n) is 7.74. The topological polar surface area (TPSA) is 90.7 Å². The molecule has 0 bridgehead atoms.